The maximum absolute atomic E-state index is 11.2. The van der Waals surface area contributed by atoms with Gasteiger partial charge >= 0.3 is 5.97 Å². The number of carboxylic acid groups (broad SMARTS) is 1. The molecule has 1 aromatic carbocycles. The molecule has 0 aromatic heterocycles. The molecule has 0 spiro atoms. The van der Waals surface area contributed by atoms with Crippen LogP contribution >= 0.6 is 0 Å². The van der Waals surface area contributed by atoms with Crippen molar-refractivity contribution in [3.05, 3.63) is 23.8 Å². The summed E-state index contributed by atoms with van der Waals surface area (Å²) >= 11 is 0. The van der Waals surface area contributed by atoms with Crippen LogP contribution in [-0.4, -0.2) is 23.8 Å². The fraction of sp³-hybridized carbons (Fsp3) is 0.533. The van der Waals surface area contributed by atoms with E-state index in [1.165, 1.54) is 13.8 Å². The first kappa shape index (κ1) is 15.3. The van der Waals surface area contributed by atoms with Gasteiger partial charge in [0.25, 0.3) is 0 Å². The summed E-state index contributed by atoms with van der Waals surface area (Å²) in [5.74, 6) is 0.300. The van der Waals surface area contributed by atoms with Gasteiger partial charge in [-0.3, -0.25) is 0 Å². The van der Waals surface area contributed by atoms with Gasteiger partial charge in [-0.05, 0) is 37.5 Å². The van der Waals surface area contributed by atoms with Gasteiger partial charge in [-0.15, -0.1) is 0 Å². The zero-order valence-electron chi connectivity index (χ0n) is 12.4. The molecule has 1 rings (SSSR count). The number of hydrogen-bond donors (Lipinski definition) is 1. The molecule has 0 fully saturated rings. The number of benzene rings is 1. The molecule has 0 unspecified atom stereocenters. The standard InChI is InChI=1S/C15H22O4/c1-14(2,3)11-9-10(18-6)7-8-12(11)19-15(4,5)13(16)17/h7-9H,1-6H3,(H,16,17). The summed E-state index contributed by atoms with van der Waals surface area (Å²) in [5, 5.41) is 9.15. The fourth-order valence-electron chi connectivity index (χ4n) is 1.63. The summed E-state index contributed by atoms with van der Waals surface area (Å²) in [6.45, 7) is 9.20. The Morgan fingerprint density at radius 2 is 1.74 bits per heavy atom. The van der Waals surface area contributed by atoms with E-state index in [4.69, 9.17) is 14.6 Å². The van der Waals surface area contributed by atoms with E-state index >= 15 is 0 Å². The summed E-state index contributed by atoms with van der Waals surface area (Å²) in [4.78, 5) is 11.2. The largest absolute Gasteiger partial charge is 0.497 e. The van der Waals surface area contributed by atoms with E-state index in [0.29, 0.717) is 5.75 Å². The van der Waals surface area contributed by atoms with E-state index in [1.54, 1.807) is 19.2 Å². The highest BCUT2D eigenvalue weighted by Gasteiger charge is 2.31. The molecule has 0 heterocycles. The highest BCUT2D eigenvalue weighted by atomic mass is 16.5. The molecule has 0 bridgehead atoms. The first-order chi connectivity index (χ1) is 8.58. The molecule has 19 heavy (non-hydrogen) atoms. The van der Waals surface area contributed by atoms with Crippen molar-refractivity contribution in [2.45, 2.75) is 45.6 Å². The minimum atomic E-state index is -1.27. The van der Waals surface area contributed by atoms with Gasteiger partial charge in [-0.25, -0.2) is 4.79 Å². The summed E-state index contributed by atoms with van der Waals surface area (Å²) in [7, 11) is 1.60. The number of methoxy groups -OCH3 is 1. The SMILES string of the molecule is COc1ccc(OC(C)(C)C(=O)O)c(C(C)(C)C)c1. The van der Waals surface area contributed by atoms with Crippen LogP contribution in [0.5, 0.6) is 11.5 Å². The lowest BCUT2D eigenvalue weighted by atomic mass is 9.86. The molecular weight excluding hydrogens is 244 g/mol. The van der Waals surface area contributed by atoms with Gasteiger partial charge in [-0.2, -0.15) is 0 Å². The number of carbonyl (C=O) groups is 1. The van der Waals surface area contributed by atoms with Crippen molar-refractivity contribution < 1.29 is 19.4 Å². The predicted molar refractivity (Wildman–Crippen MR) is 74.0 cm³/mol. The van der Waals surface area contributed by atoms with Crippen LogP contribution in [0.1, 0.15) is 40.2 Å². The second-order valence-electron chi connectivity index (χ2n) is 6.03. The minimum Gasteiger partial charge on any atom is -0.497 e. The normalized spacial score (nSPS) is 12.1. The van der Waals surface area contributed by atoms with Crippen LogP contribution in [0, 0.1) is 0 Å². The molecule has 0 saturated heterocycles. The van der Waals surface area contributed by atoms with Crippen LogP contribution in [-0.2, 0) is 10.2 Å². The van der Waals surface area contributed by atoms with Crippen LogP contribution in [0.25, 0.3) is 0 Å². The number of ether oxygens (including phenoxy) is 2. The van der Waals surface area contributed by atoms with Crippen LogP contribution in [0.3, 0.4) is 0 Å². The van der Waals surface area contributed by atoms with Crippen LogP contribution in [0.2, 0.25) is 0 Å². The number of carboxylic acids is 1. The average molecular weight is 266 g/mol. The molecule has 4 nitrogen and oxygen atoms in total. The monoisotopic (exact) mass is 266 g/mol. The third-order valence-electron chi connectivity index (χ3n) is 2.87. The smallest absolute Gasteiger partial charge is 0.347 e. The Balaban J connectivity index is 3.24. The Hall–Kier alpha value is -1.71. The Morgan fingerprint density at radius 1 is 1.16 bits per heavy atom. The van der Waals surface area contributed by atoms with Crippen molar-refractivity contribution in [1.29, 1.82) is 0 Å². The molecule has 106 valence electrons. The van der Waals surface area contributed by atoms with Crippen molar-refractivity contribution in [2.24, 2.45) is 0 Å². The zero-order chi connectivity index (χ0) is 14.8. The number of hydrogen-bond acceptors (Lipinski definition) is 3. The van der Waals surface area contributed by atoms with Crippen LogP contribution < -0.4 is 9.47 Å². The molecule has 0 radical (unpaired) electrons. The van der Waals surface area contributed by atoms with Gasteiger partial charge in [-0.1, -0.05) is 20.8 Å². The van der Waals surface area contributed by atoms with E-state index in [1.807, 2.05) is 26.8 Å². The van der Waals surface area contributed by atoms with Crippen molar-refractivity contribution in [3.8, 4) is 11.5 Å². The van der Waals surface area contributed by atoms with E-state index < -0.39 is 11.6 Å². The highest BCUT2D eigenvalue weighted by molar-refractivity contribution is 5.76. The Labute approximate surface area is 114 Å². The van der Waals surface area contributed by atoms with Gasteiger partial charge < -0.3 is 14.6 Å². The Kier molecular flexibility index (Phi) is 4.13. The summed E-state index contributed by atoms with van der Waals surface area (Å²) < 4.78 is 10.9. The lowest BCUT2D eigenvalue weighted by Gasteiger charge is -2.28. The first-order valence-corrected chi connectivity index (χ1v) is 6.19. The molecular formula is C15H22O4. The lowest BCUT2D eigenvalue weighted by molar-refractivity contribution is -0.152. The van der Waals surface area contributed by atoms with Crippen molar-refractivity contribution in [3.63, 3.8) is 0 Å². The Bertz CT molecular complexity index is 470. The van der Waals surface area contributed by atoms with Crippen LogP contribution in [0.4, 0.5) is 0 Å². The number of aliphatic carboxylic acids is 1. The molecule has 0 aliphatic rings. The van der Waals surface area contributed by atoms with E-state index in [0.717, 1.165) is 11.3 Å². The van der Waals surface area contributed by atoms with Crippen molar-refractivity contribution in [1.82, 2.24) is 0 Å². The van der Waals surface area contributed by atoms with E-state index in [2.05, 4.69) is 0 Å². The first-order valence-electron chi connectivity index (χ1n) is 6.19. The molecule has 0 aliphatic heterocycles. The van der Waals surface area contributed by atoms with Gasteiger partial charge in [0.1, 0.15) is 11.5 Å². The summed E-state index contributed by atoms with van der Waals surface area (Å²) in [6.07, 6.45) is 0. The van der Waals surface area contributed by atoms with Gasteiger partial charge in [0.15, 0.2) is 5.60 Å². The third kappa shape index (κ3) is 3.63. The lowest BCUT2D eigenvalue weighted by Crippen LogP contribution is -2.38. The number of rotatable bonds is 4. The van der Waals surface area contributed by atoms with Gasteiger partial charge in [0, 0.05) is 5.56 Å². The van der Waals surface area contributed by atoms with Crippen LogP contribution in [0.15, 0.2) is 18.2 Å². The molecule has 0 saturated carbocycles. The molecule has 4 heteroatoms. The summed E-state index contributed by atoms with van der Waals surface area (Å²) in [5.41, 5.74) is -0.520. The maximum atomic E-state index is 11.2. The Morgan fingerprint density at radius 3 is 2.16 bits per heavy atom. The van der Waals surface area contributed by atoms with E-state index in [9.17, 15) is 4.79 Å². The van der Waals surface area contributed by atoms with E-state index in [-0.39, 0.29) is 5.41 Å². The average Bonchev–Trinajstić information content (AvgIpc) is 2.27. The molecule has 0 aliphatic carbocycles. The van der Waals surface area contributed by atoms with Crippen molar-refractivity contribution in [2.75, 3.05) is 7.11 Å². The molecule has 0 amide bonds. The second-order valence-corrected chi connectivity index (χ2v) is 6.03. The predicted octanol–water partition coefficient (Wildman–Crippen LogP) is 3.23. The maximum Gasteiger partial charge on any atom is 0.347 e. The van der Waals surface area contributed by atoms with Gasteiger partial charge in [0.2, 0.25) is 0 Å². The van der Waals surface area contributed by atoms with Crippen molar-refractivity contribution >= 4 is 5.97 Å². The second kappa shape index (κ2) is 5.11. The topological polar surface area (TPSA) is 55.8 Å². The summed E-state index contributed by atoms with van der Waals surface area (Å²) in [6, 6.07) is 5.40. The highest BCUT2D eigenvalue weighted by Crippen LogP contribution is 2.36. The minimum absolute atomic E-state index is 0.168. The third-order valence-corrected chi connectivity index (χ3v) is 2.87. The quantitative estimate of drug-likeness (QED) is 0.909. The molecule has 1 N–H and O–H groups in total. The fourth-order valence-corrected chi connectivity index (χ4v) is 1.63. The molecule has 0 atom stereocenters. The zero-order valence-corrected chi connectivity index (χ0v) is 12.4. The van der Waals surface area contributed by atoms with Gasteiger partial charge in [0.05, 0.1) is 7.11 Å². The molecule has 1 aromatic rings.